The summed E-state index contributed by atoms with van der Waals surface area (Å²) in [6.07, 6.45) is 4.13. The molecule has 1 aliphatic carbocycles. The lowest BCUT2D eigenvalue weighted by Crippen LogP contribution is -2.31. The third-order valence-corrected chi connectivity index (χ3v) is 4.83. The molecule has 1 saturated heterocycles. The maximum absolute atomic E-state index is 5.67. The predicted molar refractivity (Wildman–Crippen MR) is 78.5 cm³/mol. The van der Waals surface area contributed by atoms with Crippen LogP contribution in [0.25, 0.3) is 0 Å². The number of fused-ring (bicyclic) bond motifs is 2. The number of piperidine rings is 1. The SMILES string of the molecule is NC(=S)c1ccc(N2CC3CCC2C3)cc1Br. The topological polar surface area (TPSA) is 29.3 Å². The Hall–Kier alpha value is -0.610. The summed E-state index contributed by atoms with van der Waals surface area (Å²) >= 11 is 8.57. The second-order valence-electron chi connectivity index (χ2n) is 5.01. The number of halogens is 1. The highest BCUT2D eigenvalue weighted by Crippen LogP contribution is 2.40. The van der Waals surface area contributed by atoms with Crippen molar-refractivity contribution in [3.8, 4) is 0 Å². The first kappa shape index (κ1) is 11.5. The van der Waals surface area contributed by atoms with Crippen LogP contribution in [-0.4, -0.2) is 17.6 Å². The van der Waals surface area contributed by atoms with Crippen molar-refractivity contribution in [2.75, 3.05) is 11.4 Å². The van der Waals surface area contributed by atoms with Gasteiger partial charge in [-0.05, 0) is 59.3 Å². The van der Waals surface area contributed by atoms with Crippen LogP contribution in [0.4, 0.5) is 5.69 Å². The number of hydrogen-bond donors (Lipinski definition) is 1. The van der Waals surface area contributed by atoms with Crippen LogP contribution in [0.3, 0.4) is 0 Å². The fourth-order valence-electron chi connectivity index (χ4n) is 3.12. The molecule has 2 atom stereocenters. The predicted octanol–water partition coefficient (Wildman–Crippen LogP) is 3.07. The second kappa shape index (κ2) is 4.25. The van der Waals surface area contributed by atoms with Gasteiger partial charge in [0.25, 0.3) is 0 Å². The van der Waals surface area contributed by atoms with Crippen LogP contribution >= 0.6 is 28.1 Å². The summed E-state index contributed by atoms with van der Waals surface area (Å²) in [5, 5.41) is 0. The first-order chi connectivity index (χ1) is 8.15. The smallest absolute Gasteiger partial charge is 0.105 e. The van der Waals surface area contributed by atoms with E-state index in [-0.39, 0.29) is 0 Å². The molecule has 1 aromatic carbocycles. The molecule has 1 heterocycles. The van der Waals surface area contributed by atoms with Gasteiger partial charge in [0.15, 0.2) is 0 Å². The lowest BCUT2D eigenvalue weighted by molar-refractivity contribution is 0.553. The third kappa shape index (κ3) is 1.97. The van der Waals surface area contributed by atoms with Gasteiger partial charge in [0.2, 0.25) is 0 Å². The van der Waals surface area contributed by atoms with Gasteiger partial charge in [-0.1, -0.05) is 12.2 Å². The molecule has 0 radical (unpaired) electrons. The van der Waals surface area contributed by atoms with Gasteiger partial charge in [-0.2, -0.15) is 0 Å². The number of benzene rings is 1. The third-order valence-electron chi connectivity index (χ3n) is 3.96. The molecule has 1 aromatic rings. The van der Waals surface area contributed by atoms with Gasteiger partial charge in [0.1, 0.15) is 4.99 Å². The fraction of sp³-hybridized carbons (Fsp3) is 0.462. The van der Waals surface area contributed by atoms with Crippen molar-refractivity contribution in [1.82, 2.24) is 0 Å². The lowest BCUT2D eigenvalue weighted by Gasteiger charge is -2.29. The van der Waals surface area contributed by atoms with E-state index in [1.165, 1.54) is 31.5 Å². The van der Waals surface area contributed by atoms with Crippen molar-refractivity contribution >= 4 is 38.8 Å². The molecule has 1 aliphatic heterocycles. The number of rotatable bonds is 2. The molecule has 0 amide bonds. The molecule has 2 bridgehead atoms. The molecule has 90 valence electrons. The molecule has 17 heavy (non-hydrogen) atoms. The van der Waals surface area contributed by atoms with E-state index in [2.05, 4.69) is 33.0 Å². The van der Waals surface area contributed by atoms with E-state index in [0.29, 0.717) is 4.99 Å². The first-order valence-electron chi connectivity index (χ1n) is 6.01. The molecule has 1 saturated carbocycles. The summed E-state index contributed by atoms with van der Waals surface area (Å²) in [5.41, 5.74) is 7.89. The molecule has 2 nitrogen and oxygen atoms in total. The summed E-state index contributed by atoms with van der Waals surface area (Å²) in [6, 6.07) is 7.06. The quantitative estimate of drug-likeness (QED) is 0.851. The van der Waals surface area contributed by atoms with E-state index in [1.54, 1.807) is 0 Å². The van der Waals surface area contributed by atoms with Crippen LogP contribution < -0.4 is 10.6 Å². The largest absolute Gasteiger partial charge is 0.389 e. The van der Waals surface area contributed by atoms with Crippen LogP contribution in [0.1, 0.15) is 24.8 Å². The van der Waals surface area contributed by atoms with Gasteiger partial charge in [-0.15, -0.1) is 0 Å². The highest BCUT2D eigenvalue weighted by molar-refractivity contribution is 9.10. The lowest BCUT2D eigenvalue weighted by atomic mass is 10.1. The van der Waals surface area contributed by atoms with E-state index in [9.17, 15) is 0 Å². The molecule has 2 N–H and O–H groups in total. The van der Waals surface area contributed by atoms with E-state index in [0.717, 1.165) is 22.0 Å². The van der Waals surface area contributed by atoms with Crippen molar-refractivity contribution in [1.29, 1.82) is 0 Å². The monoisotopic (exact) mass is 310 g/mol. The van der Waals surface area contributed by atoms with Gasteiger partial charge < -0.3 is 10.6 Å². The van der Waals surface area contributed by atoms with Crippen LogP contribution in [0.2, 0.25) is 0 Å². The van der Waals surface area contributed by atoms with E-state index >= 15 is 0 Å². The summed E-state index contributed by atoms with van der Waals surface area (Å²) < 4.78 is 1.00. The Morgan fingerprint density at radius 3 is 2.76 bits per heavy atom. The number of anilines is 1. The zero-order chi connectivity index (χ0) is 12.0. The molecule has 0 aromatic heterocycles. The Balaban J connectivity index is 1.89. The van der Waals surface area contributed by atoms with Gasteiger partial charge >= 0.3 is 0 Å². The van der Waals surface area contributed by atoms with Gasteiger partial charge in [0.05, 0.1) is 0 Å². The van der Waals surface area contributed by atoms with E-state index < -0.39 is 0 Å². The minimum atomic E-state index is 0.450. The Morgan fingerprint density at radius 2 is 2.24 bits per heavy atom. The fourth-order valence-corrected chi connectivity index (χ4v) is 4.01. The minimum absolute atomic E-state index is 0.450. The second-order valence-corrected chi connectivity index (χ2v) is 6.31. The van der Waals surface area contributed by atoms with Gasteiger partial charge in [-0.25, -0.2) is 0 Å². The highest BCUT2D eigenvalue weighted by Gasteiger charge is 2.37. The minimum Gasteiger partial charge on any atom is -0.389 e. The van der Waals surface area contributed by atoms with Crippen molar-refractivity contribution in [3.63, 3.8) is 0 Å². The van der Waals surface area contributed by atoms with Crippen LogP contribution in [0.5, 0.6) is 0 Å². The molecule has 2 aliphatic rings. The van der Waals surface area contributed by atoms with E-state index in [4.69, 9.17) is 18.0 Å². The Labute approximate surface area is 115 Å². The normalized spacial score (nSPS) is 26.5. The van der Waals surface area contributed by atoms with Crippen LogP contribution in [0.15, 0.2) is 22.7 Å². The van der Waals surface area contributed by atoms with Crippen LogP contribution in [0, 0.1) is 5.92 Å². The maximum atomic E-state index is 5.67. The van der Waals surface area contributed by atoms with E-state index in [1.807, 2.05) is 6.07 Å². The zero-order valence-corrected chi connectivity index (χ0v) is 11.9. The summed E-state index contributed by atoms with van der Waals surface area (Å²) in [5.74, 6) is 0.911. The summed E-state index contributed by atoms with van der Waals surface area (Å²) in [7, 11) is 0. The Morgan fingerprint density at radius 1 is 1.41 bits per heavy atom. The zero-order valence-electron chi connectivity index (χ0n) is 9.53. The molecule has 3 rings (SSSR count). The first-order valence-corrected chi connectivity index (χ1v) is 7.21. The van der Waals surface area contributed by atoms with Crippen molar-refractivity contribution in [2.24, 2.45) is 11.7 Å². The molecular formula is C13H15BrN2S. The molecule has 2 unspecified atom stereocenters. The van der Waals surface area contributed by atoms with Crippen molar-refractivity contribution < 1.29 is 0 Å². The maximum Gasteiger partial charge on any atom is 0.105 e. The summed E-state index contributed by atoms with van der Waals surface area (Å²) in [6.45, 7) is 1.21. The van der Waals surface area contributed by atoms with Gasteiger partial charge in [-0.3, -0.25) is 0 Å². The van der Waals surface area contributed by atoms with Crippen molar-refractivity contribution in [3.05, 3.63) is 28.2 Å². The molecular weight excluding hydrogens is 296 g/mol. The average Bonchev–Trinajstić information content (AvgIpc) is 2.89. The number of hydrogen-bond acceptors (Lipinski definition) is 2. The Bertz CT molecular complexity index is 474. The Kier molecular flexibility index (Phi) is 2.87. The highest BCUT2D eigenvalue weighted by atomic mass is 79.9. The van der Waals surface area contributed by atoms with Crippen molar-refractivity contribution in [2.45, 2.75) is 25.3 Å². The molecule has 2 fully saturated rings. The molecule has 0 spiro atoms. The average molecular weight is 311 g/mol. The molecule has 4 heteroatoms. The van der Waals surface area contributed by atoms with Crippen LogP contribution in [-0.2, 0) is 0 Å². The number of nitrogens with two attached hydrogens (primary N) is 1. The number of thiocarbonyl (C=S) groups is 1. The summed E-state index contributed by atoms with van der Waals surface area (Å²) in [4.78, 5) is 2.98. The van der Waals surface area contributed by atoms with Gasteiger partial charge in [0, 0.05) is 28.3 Å². The standard InChI is InChI=1S/C13H15BrN2S/c14-12-6-10(3-4-11(12)13(15)17)16-7-8-1-2-9(16)5-8/h3-4,6,8-9H,1-2,5,7H2,(H2,15,17). The number of nitrogens with zero attached hydrogens (tertiary/aromatic N) is 1.